The van der Waals surface area contributed by atoms with Crippen LogP contribution in [-0.4, -0.2) is 19.8 Å². The average molecular weight is 273 g/mol. The van der Waals surface area contributed by atoms with Crippen molar-refractivity contribution in [2.45, 2.75) is 26.7 Å². The number of rotatable bonds is 2. The molecule has 1 aromatic carbocycles. The highest BCUT2D eigenvalue weighted by Crippen LogP contribution is 2.30. The summed E-state index contributed by atoms with van der Waals surface area (Å²) < 4.78 is 1.83. The lowest BCUT2D eigenvalue weighted by Crippen LogP contribution is -1.98. The summed E-state index contributed by atoms with van der Waals surface area (Å²) in [5.41, 5.74) is 8.82. The molecule has 0 unspecified atom stereocenters. The molecule has 3 aromatic rings. The van der Waals surface area contributed by atoms with Crippen LogP contribution in [0.5, 0.6) is 0 Å². The number of fused-ring (bicyclic) bond motifs is 1. The molecule has 2 N–H and O–H groups in total. The maximum Gasteiger partial charge on any atom is 0.234 e. The van der Waals surface area contributed by atoms with E-state index in [0.717, 1.165) is 32.6 Å². The van der Waals surface area contributed by atoms with Crippen LogP contribution in [0.2, 0.25) is 0 Å². The Labute approximate surface area is 115 Å². The molecular weight excluding hydrogens is 258 g/mol. The van der Waals surface area contributed by atoms with Crippen LogP contribution in [0.15, 0.2) is 18.2 Å². The van der Waals surface area contributed by atoms with Gasteiger partial charge in [-0.1, -0.05) is 31.3 Å². The van der Waals surface area contributed by atoms with Crippen molar-refractivity contribution in [1.82, 2.24) is 19.8 Å². The van der Waals surface area contributed by atoms with E-state index in [0.29, 0.717) is 5.92 Å². The third-order valence-corrected chi connectivity index (χ3v) is 3.96. The Morgan fingerprint density at radius 2 is 2.05 bits per heavy atom. The second-order valence-corrected chi connectivity index (χ2v) is 5.84. The van der Waals surface area contributed by atoms with Crippen LogP contribution in [0.3, 0.4) is 0 Å². The quantitative estimate of drug-likeness (QED) is 0.729. The van der Waals surface area contributed by atoms with Crippen molar-refractivity contribution in [2.75, 3.05) is 5.73 Å². The van der Waals surface area contributed by atoms with E-state index in [1.165, 1.54) is 11.3 Å². The fraction of sp³-hybridized carbons (Fsp3) is 0.308. The van der Waals surface area contributed by atoms with Crippen molar-refractivity contribution in [3.63, 3.8) is 0 Å². The SMILES string of the molecule is Cc1ccc(N)cc1-c1nn2c(C(C)C)nnc2s1. The first-order valence-electron chi connectivity index (χ1n) is 6.15. The summed E-state index contributed by atoms with van der Waals surface area (Å²) in [5.74, 6) is 1.19. The van der Waals surface area contributed by atoms with E-state index in [1.807, 2.05) is 22.7 Å². The third kappa shape index (κ3) is 1.98. The van der Waals surface area contributed by atoms with E-state index in [-0.39, 0.29) is 0 Å². The lowest BCUT2D eigenvalue weighted by atomic mass is 10.1. The molecule has 0 saturated carbocycles. The van der Waals surface area contributed by atoms with E-state index in [2.05, 4.69) is 36.1 Å². The number of hydrogen-bond acceptors (Lipinski definition) is 5. The summed E-state index contributed by atoms with van der Waals surface area (Å²) in [5, 5.41) is 13.9. The minimum atomic E-state index is 0.298. The van der Waals surface area contributed by atoms with E-state index >= 15 is 0 Å². The second kappa shape index (κ2) is 4.31. The molecule has 0 bridgehead atoms. The van der Waals surface area contributed by atoms with Gasteiger partial charge in [0.15, 0.2) is 5.82 Å². The normalized spacial score (nSPS) is 11.6. The van der Waals surface area contributed by atoms with Crippen LogP contribution in [0, 0.1) is 6.92 Å². The first kappa shape index (κ1) is 12.1. The van der Waals surface area contributed by atoms with Gasteiger partial charge in [0.2, 0.25) is 4.96 Å². The molecule has 0 aliphatic rings. The van der Waals surface area contributed by atoms with Gasteiger partial charge in [0.1, 0.15) is 5.01 Å². The topological polar surface area (TPSA) is 69.1 Å². The molecule has 0 amide bonds. The van der Waals surface area contributed by atoms with Crippen LogP contribution >= 0.6 is 11.3 Å². The van der Waals surface area contributed by atoms with Gasteiger partial charge >= 0.3 is 0 Å². The number of nitrogen functional groups attached to an aromatic ring is 1. The first-order valence-corrected chi connectivity index (χ1v) is 6.96. The second-order valence-electron chi connectivity index (χ2n) is 4.89. The zero-order chi connectivity index (χ0) is 13.6. The molecule has 98 valence electrons. The Morgan fingerprint density at radius 3 is 2.79 bits per heavy atom. The Hall–Kier alpha value is -1.95. The highest BCUT2D eigenvalue weighted by Gasteiger charge is 2.16. The highest BCUT2D eigenvalue weighted by atomic mass is 32.1. The Morgan fingerprint density at radius 1 is 1.26 bits per heavy atom. The number of aryl methyl sites for hydroxylation is 1. The van der Waals surface area contributed by atoms with Gasteiger partial charge in [0, 0.05) is 17.2 Å². The fourth-order valence-corrected chi connectivity index (χ4v) is 2.90. The standard InChI is InChI=1S/C13H15N5S/c1-7(2)11-15-16-13-18(11)17-12(19-13)10-6-9(14)5-4-8(10)3/h4-7H,14H2,1-3H3. The molecule has 19 heavy (non-hydrogen) atoms. The summed E-state index contributed by atoms with van der Waals surface area (Å²) in [6, 6.07) is 5.87. The molecule has 3 rings (SSSR count). The van der Waals surface area contributed by atoms with E-state index < -0.39 is 0 Å². The zero-order valence-electron chi connectivity index (χ0n) is 11.1. The minimum Gasteiger partial charge on any atom is -0.399 e. The van der Waals surface area contributed by atoms with Crippen molar-refractivity contribution in [1.29, 1.82) is 0 Å². The third-order valence-electron chi connectivity index (χ3n) is 3.02. The molecule has 0 atom stereocenters. The summed E-state index contributed by atoms with van der Waals surface area (Å²) in [7, 11) is 0. The lowest BCUT2D eigenvalue weighted by Gasteiger charge is -2.03. The molecule has 2 heterocycles. The predicted molar refractivity (Wildman–Crippen MR) is 77.3 cm³/mol. The molecule has 2 aromatic heterocycles. The van der Waals surface area contributed by atoms with Crippen molar-refractivity contribution >= 4 is 22.0 Å². The van der Waals surface area contributed by atoms with Crippen LogP contribution in [0.25, 0.3) is 15.5 Å². The number of benzene rings is 1. The van der Waals surface area contributed by atoms with Crippen molar-refractivity contribution < 1.29 is 0 Å². The van der Waals surface area contributed by atoms with Crippen LogP contribution < -0.4 is 5.73 Å². The van der Waals surface area contributed by atoms with Crippen LogP contribution in [-0.2, 0) is 0 Å². The average Bonchev–Trinajstić information content (AvgIpc) is 2.91. The molecular formula is C13H15N5S. The predicted octanol–water partition coefficient (Wildman–Crippen LogP) is 2.87. The monoisotopic (exact) mass is 273 g/mol. The maximum atomic E-state index is 5.85. The van der Waals surface area contributed by atoms with E-state index in [4.69, 9.17) is 5.73 Å². The van der Waals surface area contributed by atoms with Gasteiger partial charge in [0.05, 0.1) is 0 Å². The summed E-state index contributed by atoms with van der Waals surface area (Å²) in [6.07, 6.45) is 0. The molecule has 0 radical (unpaired) electrons. The van der Waals surface area contributed by atoms with Gasteiger partial charge < -0.3 is 5.73 Å². The van der Waals surface area contributed by atoms with Gasteiger partial charge in [-0.05, 0) is 24.6 Å². The largest absolute Gasteiger partial charge is 0.399 e. The molecule has 0 spiro atoms. The highest BCUT2D eigenvalue weighted by molar-refractivity contribution is 7.19. The van der Waals surface area contributed by atoms with Crippen molar-refractivity contribution in [3.8, 4) is 10.6 Å². The van der Waals surface area contributed by atoms with Crippen molar-refractivity contribution in [2.24, 2.45) is 0 Å². The molecule has 5 nitrogen and oxygen atoms in total. The smallest absolute Gasteiger partial charge is 0.234 e. The molecule has 6 heteroatoms. The molecule has 0 saturated heterocycles. The number of anilines is 1. The van der Waals surface area contributed by atoms with E-state index in [9.17, 15) is 0 Å². The van der Waals surface area contributed by atoms with Gasteiger partial charge in [-0.2, -0.15) is 9.61 Å². The van der Waals surface area contributed by atoms with Gasteiger partial charge in [-0.25, -0.2) is 0 Å². The molecule has 0 aliphatic carbocycles. The molecule has 0 aliphatic heterocycles. The number of aromatic nitrogens is 4. The fourth-order valence-electron chi connectivity index (χ4n) is 1.97. The minimum absolute atomic E-state index is 0.298. The Kier molecular flexibility index (Phi) is 2.74. The zero-order valence-corrected chi connectivity index (χ0v) is 11.9. The number of hydrogen-bond donors (Lipinski definition) is 1. The van der Waals surface area contributed by atoms with Crippen molar-refractivity contribution in [3.05, 3.63) is 29.6 Å². The van der Waals surface area contributed by atoms with Gasteiger partial charge in [-0.3, -0.25) is 0 Å². The number of nitrogens with zero attached hydrogens (tertiary/aromatic N) is 4. The molecule has 0 fully saturated rings. The van der Waals surface area contributed by atoms with Gasteiger partial charge in [-0.15, -0.1) is 10.2 Å². The van der Waals surface area contributed by atoms with Crippen LogP contribution in [0.4, 0.5) is 5.69 Å². The summed E-state index contributed by atoms with van der Waals surface area (Å²) >= 11 is 1.53. The van der Waals surface area contributed by atoms with Crippen LogP contribution in [0.1, 0.15) is 31.2 Å². The Balaban J connectivity index is 2.18. The Bertz CT molecular complexity index is 741. The summed E-state index contributed by atoms with van der Waals surface area (Å²) in [4.78, 5) is 0.820. The van der Waals surface area contributed by atoms with Gasteiger partial charge in [0.25, 0.3) is 0 Å². The van der Waals surface area contributed by atoms with E-state index in [1.54, 1.807) is 0 Å². The maximum absolute atomic E-state index is 5.85. The summed E-state index contributed by atoms with van der Waals surface area (Å²) in [6.45, 7) is 6.23. The first-order chi connectivity index (χ1) is 9.06. The lowest BCUT2D eigenvalue weighted by molar-refractivity contribution is 0.727. The number of nitrogens with two attached hydrogens (primary N) is 1.